The van der Waals surface area contributed by atoms with Crippen molar-refractivity contribution in [3.8, 4) is 0 Å². The van der Waals surface area contributed by atoms with Gasteiger partial charge in [0.15, 0.2) is 0 Å². The molecule has 2 amide bonds. The normalized spacial score (nSPS) is 11.9. The lowest BCUT2D eigenvalue weighted by Crippen LogP contribution is -2.53. The summed E-state index contributed by atoms with van der Waals surface area (Å²) in [5.41, 5.74) is 1.31. The lowest BCUT2D eigenvalue weighted by molar-refractivity contribution is -0.140. The van der Waals surface area contributed by atoms with Crippen LogP contribution in [-0.4, -0.2) is 44.3 Å². The highest BCUT2D eigenvalue weighted by molar-refractivity contribution is 7.92. The Hall–Kier alpha value is -4.50. The SMILES string of the molecule is CCCCNC(=O)[C@@H](Cc1ccccc1)N(Cc1ccccc1F)C(=O)CN(c1ccccc1)S(=O)(=O)c1ccccc1. The number of nitrogens with zero attached hydrogens (tertiary/aromatic N) is 2. The van der Waals surface area contributed by atoms with Crippen LogP contribution >= 0.6 is 0 Å². The van der Waals surface area contributed by atoms with Gasteiger partial charge in [0.05, 0.1) is 10.6 Å². The predicted octanol–water partition coefficient (Wildman–Crippen LogP) is 5.58. The molecule has 4 aromatic rings. The highest BCUT2D eigenvalue weighted by Crippen LogP contribution is 2.25. The number of hydrogen-bond donors (Lipinski definition) is 1. The minimum Gasteiger partial charge on any atom is -0.354 e. The van der Waals surface area contributed by atoms with Crippen LogP contribution in [0.4, 0.5) is 10.1 Å². The molecule has 224 valence electrons. The molecule has 0 aromatic heterocycles. The van der Waals surface area contributed by atoms with Gasteiger partial charge in [0.2, 0.25) is 11.8 Å². The van der Waals surface area contributed by atoms with Gasteiger partial charge in [-0.1, -0.05) is 98.3 Å². The van der Waals surface area contributed by atoms with Crippen molar-refractivity contribution in [1.29, 1.82) is 0 Å². The fourth-order valence-corrected chi connectivity index (χ4v) is 6.15. The van der Waals surface area contributed by atoms with E-state index in [2.05, 4.69) is 5.32 Å². The first-order valence-electron chi connectivity index (χ1n) is 14.3. The lowest BCUT2D eigenvalue weighted by atomic mass is 10.0. The Labute approximate surface area is 253 Å². The highest BCUT2D eigenvalue weighted by atomic mass is 32.2. The van der Waals surface area contributed by atoms with Crippen molar-refractivity contribution in [3.05, 3.63) is 132 Å². The second-order valence-corrected chi connectivity index (χ2v) is 12.0. The molecule has 4 rings (SSSR count). The second kappa shape index (κ2) is 15.1. The molecule has 0 unspecified atom stereocenters. The second-order valence-electron chi connectivity index (χ2n) is 10.1. The molecule has 0 saturated carbocycles. The topological polar surface area (TPSA) is 86.8 Å². The zero-order valence-electron chi connectivity index (χ0n) is 24.1. The van der Waals surface area contributed by atoms with Crippen LogP contribution in [0.5, 0.6) is 0 Å². The smallest absolute Gasteiger partial charge is 0.264 e. The van der Waals surface area contributed by atoms with E-state index in [0.29, 0.717) is 6.54 Å². The number of rotatable bonds is 14. The zero-order valence-corrected chi connectivity index (χ0v) is 24.9. The number of carbonyl (C=O) groups excluding carboxylic acids is 2. The molecule has 9 heteroatoms. The fraction of sp³-hybridized carbons (Fsp3) is 0.235. The Morgan fingerprint density at radius 1 is 0.814 bits per heavy atom. The molecule has 4 aromatic carbocycles. The van der Waals surface area contributed by atoms with E-state index in [9.17, 15) is 22.4 Å². The first-order chi connectivity index (χ1) is 20.8. The Kier molecular flexibility index (Phi) is 11.0. The quantitative estimate of drug-likeness (QED) is 0.191. The Morgan fingerprint density at radius 2 is 1.40 bits per heavy atom. The van der Waals surface area contributed by atoms with Gasteiger partial charge in [0, 0.05) is 25.1 Å². The molecule has 0 radical (unpaired) electrons. The lowest BCUT2D eigenvalue weighted by Gasteiger charge is -2.34. The van der Waals surface area contributed by atoms with Crippen molar-refractivity contribution >= 4 is 27.5 Å². The van der Waals surface area contributed by atoms with E-state index in [1.165, 1.54) is 23.1 Å². The van der Waals surface area contributed by atoms with Crippen LogP contribution in [0.1, 0.15) is 30.9 Å². The Balaban J connectivity index is 1.77. The summed E-state index contributed by atoms with van der Waals surface area (Å²) in [5.74, 6) is -1.56. The molecule has 0 saturated heterocycles. The van der Waals surface area contributed by atoms with Crippen molar-refractivity contribution in [2.45, 2.75) is 43.7 Å². The summed E-state index contributed by atoms with van der Waals surface area (Å²) in [5, 5.41) is 2.92. The molecule has 0 spiro atoms. The van der Waals surface area contributed by atoms with Crippen LogP contribution in [0.3, 0.4) is 0 Å². The number of benzene rings is 4. The van der Waals surface area contributed by atoms with Gasteiger partial charge in [0.1, 0.15) is 18.4 Å². The summed E-state index contributed by atoms with van der Waals surface area (Å²) in [6, 6.07) is 30.5. The van der Waals surface area contributed by atoms with Crippen LogP contribution in [0.25, 0.3) is 0 Å². The standard InChI is InChI=1S/C34H36FN3O4S/c1-2-3-23-36-34(40)32(24-27-15-7-4-8-16-27)37(25-28-17-13-14-22-31(28)35)33(39)26-38(29-18-9-5-10-19-29)43(41,42)30-20-11-6-12-21-30/h4-22,32H,2-3,23-26H2,1H3,(H,36,40)/t32-/m1/s1. The van der Waals surface area contributed by atoms with Crippen molar-refractivity contribution in [3.63, 3.8) is 0 Å². The number of sulfonamides is 1. The Bertz CT molecular complexity index is 1590. The first-order valence-corrected chi connectivity index (χ1v) is 15.7. The minimum atomic E-state index is -4.17. The third kappa shape index (κ3) is 8.29. The van der Waals surface area contributed by atoms with Gasteiger partial charge in [-0.2, -0.15) is 0 Å². The van der Waals surface area contributed by atoms with Crippen LogP contribution in [0.15, 0.2) is 120 Å². The number of carbonyl (C=O) groups is 2. The van der Waals surface area contributed by atoms with Gasteiger partial charge in [-0.25, -0.2) is 12.8 Å². The number of para-hydroxylation sites is 1. The summed E-state index contributed by atoms with van der Waals surface area (Å²) in [7, 11) is -4.17. The number of amides is 2. The third-order valence-corrected chi connectivity index (χ3v) is 8.84. The van der Waals surface area contributed by atoms with E-state index in [1.807, 2.05) is 37.3 Å². The molecule has 1 atom stereocenters. The maximum Gasteiger partial charge on any atom is 0.264 e. The third-order valence-electron chi connectivity index (χ3n) is 7.05. The minimum absolute atomic E-state index is 0.0189. The molecule has 43 heavy (non-hydrogen) atoms. The van der Waals surface area contributed by atoms with Gasteiger partial charge in [-0.3, -0.25) is 13.9 Å². The predicted molar refractivity (Wildman–Crippen MR) is 166 cm³/mol. The summed E-state index contributed by atoms with van der Waals surface area (Å²) in [6.07, 6.45) is 1.78. The van der Waals surface area contributed by atoms with E-state index >= 15 is 0 Å². The summed E-state index contributed by atoms with van der Waals surface area (Å²) in [6.45, 7) is 1.61. The summed E-state index contributed by atoms with van der Waals surface area (Å²) >= 11 is 0. The van der Waals surface area contributed by atoms with Crippen molar-refractivity contribution in [2.24, 2.45) is 0 Å². The maximum absolute atomic E-state index is 14.9. The monoisotopic (exact) mass is 601 g/mol. The van der Waals surface area contributed by atoms with Crippen molar-refractivity contribution < 1.29 is 22.4 Å². The maximum atomic E-state index is 14.9. The van der Waals surface area contributed by atoms with Gasteiger partial charge in [-0.05, 0) is 42.3 Å². The zero-order chi connectivity index (χ0) is 30.7. The van der Waals surface area contributed by atoms with E-state index < -0.39 is 34.3 Å². The van der Waals surface area contributed by atoms with Crippen LogP contribution in [0.2, 0.25) is 0 Å². The van der Waals surface area contributed by atoms with E-state index in [-0.39, 0.29) is 35.0 Å². The number of halogens is 1. The van der Waals surface area contributed by atoms with Crippen molar-refractivity contribution in [1.82, 2.24) is 10.2 Å². The van der Waals surface area contributed by atoms with E-state index in [1.54, 1.807) is 66.7 Å². The fourth-order valence-electron chi connectivity index (χ4n) is 4.71. The molecule has 1 N–H and O–H groups in total. The van der Waals surface area contributed by atoms with E-state index in [4.69, 9.17) is 0 Å². The molecule has 0 aliphatic carbocycles. The summed E-state index contributed by atoms with van der Waals surface area (Å²) in [4.78, 5) is 29.3. The van der Waals surface area contributed by atoms with Crippen LogP contribution in [-0.2, 0) is 32.6 Å². The highest BCUT2D eigenvalue weighted by Gasteiger charge is 2.34. The molecule has 0 aliphatic rings. The van der Waals surface area contributed by atoms with Crippen LogP contribution < -0.4 is 9.62 Å². The van der Waals surface area contributed by atoms with Crippen LogP contribution in [0, 0.1) is 5.82 Å². The Morgan fingerprint density at radius 3 is 2.02 bits per heavy atom. The van der Waals surface area contributed by atoms with Gasteiger partial charge < -0.3 is 10.2 Å². The number of anilines is 1. The summed E-state index contributed by atoms with van der Waals surface area (Å²) < 4.78 is 43.8. The number of unbranched alkanes of at least 4 members (excludes halogenated alkanes) is 1. The number of nitrogens with one attached hydrogen (secondary N) is 1. The molecule has 7 nitrogen and oxygen atoms in total. The molecular formula is C34H36FN3O4S. The average Bonchev–Trinajstić information content (AvgIpc) is 3.03. The largest absolute Gasteiger partial charge is 0.354 e. The van der Waals surface area contributed by atoms with Gasteiger partial charge in [0.25, 0.3) is 10.0 Å². The van der Waals surface area contributed by atoms with Crippen molar-refractivity contribution in [2.75, 3.05) is 17.4 Å². The molecular weight excluding hydrogens is 565 g/mol. The average molecular weight is 602 g/mol. The van der Waals surface area contributed by atoms with Gasteiger partial charge in [-0.15, -0.1) is 0 Å². The molecule has 0 bridgehead atoms. The van der Waals surface area contributed by atoms with Gasteiger partial charge >= 0.3 is 0 Å². The van der Waals surface area contributed by atoms with E-state index in [0.717, 1.165) is 22.7 Å². The molecule has 0 heterocycles. The molecule has 0 fully saturated rings. The number of hydrogen-bond acceptors (Lipinski definition) is 4. The first kappa shape index (κ1) is 31.4. The molecule has 0 aliphatic heterocycles.